The van der Waals surface area contributed by atoms with Crippen molar-refractivity contribution in [2.75, 3.05) is 0 Å². The number of imide groups is 1. The first-order valence-corrected chi connectivity index (χ1v) is 11.2. The summed E-state index contributed by atoms with van der Waals surface area (Å²) in [4.78, 5) is 47.9. The SMILES string of the molecule is N[C@@H](Cc1ccc(OC(=O)OCc2ccccc2)cc1)C(=O)CC(=O)NC(=O)OCc1ccccc1. The van der Waals surface area contributed by atoms with E-state index in [1.165, 1.54) is 0 Å². The Morgan fingerprint density at radius 1 is 0.722 bits per heavy atom. The molecule has 3 rings (SSSR count). The zero-order valence-corrected chi connectivity index (χ0v) is 19.4. The minimum atomic E-state index is -0.960. The number of nitrogens with one attached hydrogen (secondary N) is 1. The van der Waals surface area contributed by atoms with Crippen molar-refractivity contribution in [1.29, 1.82) is 0 Å². The smallest absolute Gasteiger partial charge is 0.444 e. The fourth-order valence-corrected chi connectivity index (χ4v) is 3.11. The lowest BCUT2D eigenvalue weighted by Crippen LogP contribution is -2.38. The Labute approximate surface area is 208 Å². The molecule has 0 saturated carbocycles. The summed E-state index contributed by atoms with van der Waals surface area (Å²) in [5, 5.41) is 2.01. The molecule has 0 unspecified atom stereocenters. The van der Waals surface area contributed by atoms with Gasteiger partial charge in [0.15, 0.2) is 5.78 Å². The molecule has 0 aliphatic carbocycles. The monoisotopic (exact) mass is 490 g/mol. The molecule has 36 heavy (non-hydrogen) atoms. The molecule has 2 amide bonds. The number of alkyl carbamates (subject to hydrolysis) is 1. The first kappa shape index (κ1) is 26.1. The van der Waals surface area contributed by atoms with Crippen molar-refractivity contribution in [2.24, 2.45) is 5.73 Å². The molecular weight excluding hydrogens is 464 g/mol. The molecule has 0 fully saturated rings. The lowest BCUT2D eigenvalue weighted by atomic mass is 10.0. The number of hydrogen-bond acceptors (Lipinski definition) is 8. The van der Waals surface area contributed by atoms with E-state index < -0.39 is 36.4 Å². The van der Waals surface area contributed by atoms with Gasteiger partial charge in [-0.15, -0.1) is 0 Å². The summed E-state index contributed by atoms with van der Waals surface area (Å²) in [5.41, 5.74) is 8.22. The normalized spacial score (nSPS) is 11.1. The van der Waals surface area contributed by atoms with Crippen molar-refractivity contribution in [2.45, 2.75) is 32.1 Å². The highest BCUT2D eigenvalue weighted by molar-refractivity contribution is 6.05. The summed E-state index contributed by atoms with van der Waals surface area (Å²) >= 11 is 0. The first-order chi connectivity index (χ1) is 17.4. The van der Waals surface area contributed by atoms with Gasteiger partial charge >= 0.3 is 12.2 Å². The van der Waals surface area contributed by atoms with Crippen molar-refractivity contribution in [1.82, 2.24) is 5.32 Å². The van der Waals surface area contributed by atoms with E-state index in [1.54, 1.807) is 48.5 Å². The van der Waals surface area contributed by atoms with Crippen LogP contribution >= 0.6 is 0 Å². The topological polar surface area (TPSA) is 134 Å². The highest BCUT2D eigenvalue weighted by Crippen LogP contribution is 2.15. The van der Waals surface area contributed by atoms with E-state index >= 15 is 0 Å². The van der Waals surface area contributed by atoms with Crippen LogP contribution in [0.15, 0.2) is 84.9 Å². The van der Waals surface area contributed by atoms with Gasteiger partial charge in [0.05, 0.1) is 12.5 Å². The summed E-state index contributed by atoms with van der Waals surface area (Å²) in [6.07, 6.45) is -2.19. The minimum absolute atomic E-state index is 0.00211. The summed E-state index contributed by atoms with van der Waals surface area (Å²) in [7, 11) is 0. The van der Waals surface area contributed by atoms with E-state index in [2.05, 4.69) is 0 Å². The molecular formula is C27H26N2O7. The highest BCUT2D eigenvalue weighted by atomic mass is 16.7. The molecule has 186 valence electrons. The number of ether oxygens (including phenoxy) is 3. The predicted molar refractivity (Wildman–Crippen MR) is 130 cm³/mol. The molecule has 9 nitrogen and oxygen atoms in total. The second-order valence-corrected chi connectivity index (χ2v) is 7.83. The fourth-order valence-electron chi connectivity index (χ4n) is 3.11. The first-order valence-electron chi connectivity index (χ1n) is 11.2. The van der Waals surface area contributed by atoms with Gasteiger partial charge < -0.3 is 19.9 Å². The Morgan fingerprint density at radius 3 is 1.86 bits per heavy atom. The van der Waals surface area contributed by atoms with E-state index in [-0.39, 0.29) is 25.4 Å². The Hall–Kier alpha value is -4.50. The molecule has 0 aliphatic heterocycles. The number of benzene rings is 3. The number of hydrogen-bond donors (Lipinski definition) is 2. The third-order valence-electron chi connectivity index (χ3n) is 4.98. The van der Waals surface area contributed by atoms with Gasteiger partial charge in [0, 0.05) is 0 Å². The molecule has 3 aromatic carbocycles. The standard InChI is InChI=1S/C27H26N2O7/c28-23(24(30)16-25(31)29-26(32)34-17-20-7-3-1-4-8-20)15-19-11-13-22(14-12-19)36-27(33)35-18-21-9-5-2-6-10-21/h1-14,23H,15-18,28H2,(H,29,31,32)/t23-/m0/s1. The number of carbonyl (C=O) groups is 4. The van der Waals surface area contributed by atoms with Gasteiger partial charge in [-0.3, -0.25) is 14.9 Å². The van der Waals surface area contributed by atoms with Crippen molar-refractivity contribution >= 4 is 23.9 Å². The van der Waals surface area contributed by atoms with E-state index in [4.69, 9.17) is 19.9 Å². The molecule has 0 saturated heterocycles. The average Bonchev–Trinajstić information content (AvgIpc) is 2.88. The van der Waals surface area contributed by atoms with Crippen LogP contribution in [0, 0.1) is 0 Å². The van der Waals surface area contributed by atoms with Gasteiger partial charge in [-0.2, -0.15) is 0 Å². The van der Waals surface area contributed by atoms with Crippen LogP contribution in [-0.4, -0.2) is 30.0 Å². The number of rotatable bonds is 10. The molecule has 1 atom stereocenters. The van der Waals surface area contributed by atoms with Gasteiger partial charge in [-0.1, -0.05) is 72.8 Å². The van der Waals surface area contributed by atoms with Crippen molar-refractivity contribution in [3.63, 3.8) is 0 Å². The van der Waals surface area contributed by atoms with E-state index in [9.17, 15) is 19.2 Å². The van der Waals surface area contributed by atoms with Gasteiger partial charge in [0.25, 0.3) is 0 Å². The Bertz CT molecular complexity index is 1170. The zero-order valence-electron chi connectivity index (χ0n) is 19.4. The third-order valence-corrected chi connectivity index (χ3v) is 4.98. The van der Waals surface area contributed by atoms with Crippen molar-refractivity contribution < 1.29 is 33.4 Å². The lowest BCUT2D eigenvalue weighted by Gasteiger charge is -2.11. The number of amides is 2. The van der Waals surface area contributed by atoms with Crippen LogP contribution in [0.5, 0.6) is 5.75 Å². The van der Waals surface area contributed by atoms with Gasteiger partial charge in [-0.05, 0) is 35.2 Å². The van der Waals surface area contributed by atoms with Crippen molar-refractivity contribution in [3.05, 3.63) is 102 Å². The van der Waals surface area contributed by atoms with Crippen LogP contribution < -0.4 is 15.8 Å². The Balaban J connectivity index is 1.37. The summed E-state index contributed by atoms with van der Waals surface area (Å²) in [6.45, 7) is 0.0882. The van der Waals surface area contributed by atoms with Gasteiger partial charge in [0.1, 0.15) is 19.0 Å². The van der Waals surface area contributed by atoms with E-state index in [0.29, 0.717) is 5.56 Å². The maximum Gasteiger partial charge on any atom is 0.514 e. The summed E-state index contributed by atoms with van der Waals surface area (Å²) in [5.74, 6) is -1.07. The average molecular weight is 491 g/mol. The molecule has 0 heterocycles. The number of carbonyl (C=O) groups excluding carboxylic acids is 4. The van der Waals surface area contributed by atoms with Crippen LogP contribution in [0.2, 0.25) is 0 Å². The lowest BCUT2D eigenvalue weighted by molar-refractivity contribution is -0.128. The Kier molecular flexibility index (Phi) is 9.72. The number of nitrogens with two attached hydrogens (primary N) is 1. The second-order valence-electron chi connectivity index (χ2n) is 7.83. The molecule has 0 spiro atoms. The highest BCUT2D eigenvalue weighted by Gasteiger charge is 2.20. The molecule has 3 N–H and O–H groups in total. The Morgan fingerprint density at radius 2 is 1.28 bits per heavy atom. The van der Waals surface area contributed by atoms with Crippen molar-refractivity contribution in [3.8, 4) is 5.75 Å². The minimum Gasteiger partial charge on any atom is -0.444 e. The van der Waals surface area contributed by atoms with Crippen LogP contribution in [0.3, 0.4) is 0 Å². The van der Waals surface area contributed by atoms with E-state index in [0.717, 1.165) is 11.1 Å². The molecule has 0 aliphatic rings. The largest absolute Gasteiger partial charge is 0.514 e. The third kappa shape index (κ3) is 9.03. The maximum atomic E-state index is 12.3. The molecule has 0 radical (unpaired) electrons. The van der Waals surface area contributed by atoms with Crippen LogP contribution in [0.4, 0.5) is 9.59 Å². The number of ketones is 1. The molecule has 3 aromatic rings. The molecule has 0 bridgehead atoms. The zero-order chi connectivity index (χ0) is 25.8. The van der Waals surface area contributed by atoms with Crippen LogP contribution in [-0.2, 0) is 38.7 Å². The maximum absolute atomic E-state index is 12.3. The summed E-state index contributed by atoms with van der Waals surface area (Å²) in [6, 6.07) is 23.6. The fraction of sp³-hybridized carbons (Fsp3) is 0.185. The van der Waals surface area contributed by atoms with Gasteiger partial charge in [0.2, 0.25) is 5.91 Å². The number of Topliss-reactive ketones (excluding diaryl/α,β-unsaturated/α-hetero) is 1. The van der Waals surface area contributed by atoms with Crippen LogP contribution in [0.25, 0.3) is 0 Å². The van der Waals surface area contributed by atoms with Crippen LogP contribution in [0.1, 0.15) is 23.1 Å². The second kappa shape index (κ2) is 13.4. The molecule has 0 aromatic heterocycles. The van der Waals surface area contributed by atoms with Gasteiger partial charge in [-0.25, -0.2) is 9.59 Å². The molecule has 9 heteroatoms. The van der Waals surface area contributed by atoms with E-state index in [1.807, 2.05) is 41.7 Å². The summed E-state index contributed by atoms with van der Waals surface area (Å²) < 4.78 is 15.1. The quantitative estimate of drug-likeness (QED) is 0.250. The predicted octanol–water partition coefficient (Wildman–Crippen LogP) is 3.68.